The van der Waals surface area contributed by atoms with Crippen LogP contribution in [0.15, 0.2) is 42.5 Å². The normalized spacial score (nSPS) is 27.0. The highest BCUT2D eigenvalue weighted by molar-refractivity contribution is 6.08. The molecule has 0 aliphatic heterocycles. The maximum atomic E-state index is 13.5. The number of hydrogen-bond acceptors (Lipinski definition) is 4. The predicted molar refractivity (Wildman–Crippen MR) is 135 cm³/mol. The molecular weight excluding hydrogens is 440 g/mol. The number of carbonyl (C=O) groups excluding carboxylic acids is 2. The Morgan fingerprint density at radius 3 is 2.11 bits per heavy atom. The van der Waals surface area contributed by atoms with Crippen LogP contribution in [0, 0.1) is 23.2 Å². The van der Waals surface area contributed by atoms with Gasteiger partial charge in [0.25, 0.3) is 5.91 Å². The number of imide groups is 1. The van der Waals surface area contributed by atoms with E-state index in [1.165, 1.54) is 25.0 Å². The average molecular weight is 477 g/mol. The Balaban J connectivity index is 1.53. The molecule has 1 aromatic carbocycles. The molecule has 0 unspecified atom stereocenters. The summed E-state index contributed by atoms with van der Waals surface area (Å²) in [4.78, 5) is 27.0. The lowest BCUT2D eigenvalue weighted by Crippen LogP contribution is -2.51. The van der Waals surface area contributed by atoms with E-state index < -0.39 is 23.6 Å². The fourth-order valence-electron chi connectivity index (χ4n) is 7.23. The van der Waals surface area contributed by atoms with Crippen LogP contribution in [0.4, 0.5) is 4.79 Å². The van der Waals surface area contributed by atoms with Crippen molar-refractivity contribution in [2.75, 3.05) is 0 Å². The SMILES string of the molecule is CC(C)(C)OC(=O)N(C(=N)N)C(=O)Cn1c(-c2ccccc2)ccc1C12CC3CC(CC(C3)C1)C2. The first kappa shape index (κ1) is 23.6. The number of guanidine groups is 1. The summed E-state index contributed by atoms with van der Waals surface area (Å²) in [6.45, 7) is 5.09. The molecule has 4 fully saturated rings. The minimum atomic E-state index is -0.917. The van der Waals surface area contributed by atoms with Gasteiger partial charge in [0.1, 0.15) is 12.1 Å². The van der Waals surface area contributed by atoms with Crippen LogP contribution in [-0.4, -0.2) is 33.0 Å². The summed E-state index contributed by atoms with van der Waals surface area (Å²) in [6, 6.07) is 14.3. The number of rotatable bonds is 4. The van der Waals surface area contributed by atoms with Gasteiger partial charge in [0.15, 0.2) is 0 Å². The Kier molecular flexibility index (Phi) is 5.77. The van der Waals surface area contributed by atoms with Crippen LogP contribution >= 0.6 is 0 Å². The van der Waals surface area contributed by atoms with Crippen LogP contribution in [0.5, 0.6) is 0 Å². The number of hydrogen-bond donors (Lipinski definition) is 2. The van der Waals surface area contributed by atoms with Crippen molar-refractivity contribution in [1.82, 2.24) is 9.47 Å². The lowest BCUT2D eigenvalue weighted by molar-refractivity contribution is -0.127. The molecule has 0 atom stereocenters. The van der Waals surface area contributed by atoms with Gasteiger partial charge in [-0.2, -0.15) is 4.90 Å². The molecule has 4 aliphatic carbocycles. The van der Waals surface area contributed by atoms with E-state index in [4.69, 9.17) is 15.9 Å². The summed E-state index contributed by atoms with van der Waals surface area (Å²) in [7, 11) is 0. The molecule has 4 bridgehead atoms. The largest absolute Gasteiger partial charge is 0.443 e. The lowest BCUT2D eigenvalue weighted by atomic mass is 9.49. The Morgan fingerprint density at radius 2 is 1.60 bits per heavy atom. The van der Waals surface area contributed by atoms with Gasteiger partial charge in [-0.25, -0.2) is 4.79 Å². The highest BCUT2D eigenvalue weighted by Crippen LogP contribution is 2.61. The molecule has 1 heterocycles. The molecule has 0 saturated heterocycles. The molecule has 186 valence electrons. The zero-order valence-electron chi connectivity index (χ0n) is 20.9. The van der Waals surface area contributed by atoms with E-state index in [9.17, 15) is 9.59 Å². The highest BCUT2D eigenvalue weighted by Gasteiger charge is 2.53. The number of aromatic nitrogens is 1. The Labute approximate surface area is 207 Å². The van der Waals surface area contributed by atoms with Gasteiger partial charge in [0, 0.05) is 16.8 Å². The third kappa shape index (κ3) is 4.48. The van der Waals surface area contributed by atoms with Crippen LogP contribution in [-0.2, 0) is 21.5 Å². The van der Waals surface area contributed by atoms with E-state index in [2.05, 4.69) is 16.7 Å². The molecule has 7 nitrogen and oxygen atoms in total. The van der Waals surface area contributed by atoms with Crippen molar-refractivity contribution in [3.8, 4) is 11.3 Å². The van der Waals surface area contributed by atoms with Gasteiger partial charge in [0.2, 0.25) is 5.96 Å². The van der Waals surface area contributed by atoms with E-state index in [1.807, 2.05) is 30.3 Å². The molecule has 35 heavy (non-hydrogen) atoms. The topological polar surface area (TPSA) is 101 Å². The fraction of sp³-hybridized carbons (Fsp3) is 0.536. The Hall–Kier alpha value is -3.09. The molecule has 1 aromatic heterocycles. The van der Waals surface area contributed by atoms with Crippen LogP contribution in [0.1, 0.15) is 65.0 Å². The van der Waals surface area contributed by atoms with E-state index >= 15 is 0 Å². The predicted octanol–water partition coefficient (Wildman–Crippen LogP) is 5.28. The van der Waals surface area contributed by atoms with Gasteiger partial charge in [-0.3, -0.25) is 10.2 Å². The molecule has 2 aromatic rings. The molecule has 0 radical (unpaired) electrons. The number of amides is 2. The van der Waals surface area contributed by atoms with Gasteiger partial charge in [-0.15, -0.1) is 0 Å². The zero-order valence-corrected chi connectivity index (χ0v) is 20.9. The van der Waals surface area contributed by atoms with Crippen molar-refractivity contribution in [1.29, 1.82) is 5.41 Å². The quantitative estimate of drug-likeness (QED) is 0.463. The fourth-order valence-corrected chi connectivity index (χ4v) is 7.23. The Morgan fingerprint density at radius 1 is 1.03 bits per heavy atom. The minimum Gasteiger partial charge on any atom is -0.443 e. The summed E-state index contributed by atoms with van der Waals surface area (Å²) in [5.74, 6) is 1.09. The third-order valence-corrected chi connectivity index (χ3v) is 7.99. The summed E-state index contributed by atoms with van der Waals surface area (Å²) in [6.07, 6.45) is 6.57. The number of carbonyl (C=O) groups is 2. The first-order chi connectivity index (χ1) is 16.5. The van der Waals surface area contributed by atoms with Gasteiger partial charge in [-0.1, -0.05) is 30.3 Å². The second-order valence-electron chi connectivity index (χ2n) is 11.8. The smallest absolute Gasteiger partial charge is 0.424 e. The van der Waals surface area contributed by atoms with E-state index in [0.29, 0.717) is 4.90 Å². The van der Waals surface area contributed by atoms with E-state index in [-0.39, 0.29) is 12.0 Å². The van der Waals surface area contributed by atoms with Crippen molar-refractivity contribution < 1.29 is 14.3 Å². The molecule has 0 spiro atoms. The van der Waals surface area contributed by atoms with Crippen molar-refractivity contribution in [2.24, 2.45) is 23.5 Å². The van der Waals surface area contributed by atoms with Crippen LogP contribution < -0.4 is 5.73 Å². The summed E-state index contributed by atoms with van der Waals surface area (Å²) in [5.41, 5.74) is 8.09. The first-order valence-corrected chi connectivity index (χ1v) is 12.7. The minimum absolute atomic E-state index is 0.0645. The second kappa shape index (κ2) is 8.54. The second-order valence-corrected chi connectivity index (χ2v) is 11.8. The van der Waals surface area contributed by atoms with E-state index in [1.54, 1.807) is 20.8 Å². The number of ether oxygens (including phenoxy) is 1. The van der Waals surface area contributed by atoms with Gasteiger partial charge in [0.05, 0.1) is 0 Å². The zero-order chi connectivity index (χ0) is 25.0. The molecule has 6 rings (SSSR count). The number of nitrogens with zero attached hydrogens (tertiary/aromatic N) is 2. The highest BCUT2D eigenvalue weighted by atomic mass is 16.6. The molecule has 7 heteroatoms. The maximum Gasteiger partial charge on any atom is 0.424 e. The van der Waals surface area contributed by atoms with Crippen LogP contribution in [0.2, 0.25) is 0 Å². The molecule has 2 amide bonds. The number of nitrogens with one attached hydrogen (secondary N) is 1. The van der Waals surface area contributed by atoms with Crippen molar-refractivity contribution in [2.45, 2.75) is 76.9 Å². The Bertz CT molecular complexity index is 1110. The molecule has 4 saturated carbocycles. The third-order valence-electron chi connectivity index (χ3n) is 7.99. The molecule has 3 N–H and O–H groups in total. The van der Waals surface area contributed by atoms with E-state index in [0.717, 1.165) is 48.3 Å². The molecular formula is C28H36N4O3. The summed E-state index contributed by atoms with van der Waals surface area (Å²) in [5, 5.41) is 7.93. The van der Waals surface area contributed by atoms with Crippen LogP contribution in [0.25, 0.3) is 11.3 Å². The number of nitrogens with two attached hydrogens (primary N) is 1. The lowest BCUT2D eigenvalue weighted by Gasteiger charge is -2.57. The standard InChI is InChI=1S/C28H36N4O3/c1-27(2,3)35-26(34)32(25(29)30)24(33)17-31-22(21-7-5-4-6-8-21)9-10-23(31)28-14-18-11-19(15-28)13-20(12-18)16-28/h4-10,18-20H,11-17H2,1-3H3,(H3,29,30). The first-order valence-electron chi connectivity index (χ1n) is 12.7. The molecule has 4 aliphatic rings. The summed E-state index contributed by atoms with van der Waals surface area (Å²) < 4.78 is 7.46. The van der Waals surface area contributed by atoms with Gasteiger partial charge >= 0.3 is 6.09 Å². The van der Waals surface area contributed by atoms with Crippen molar-refractivity contribution >= 4 is 18.0 Å². The number of benzene rings is 1. The average Bonchev–Trinajstić information content (AvgIpc) is 3.16. The van der Waals surface area contributed by atoms with Crippen molar-refractivity contribution in [3.63, 3.8) is 0 Å². The van der Waals surface area contributed by atoms with Gasteiger partial charge in [-0.05, 0) is 94.7 Å². The van der Waals surface area contributed by atoms with Gasteiger partial charge < -0.3 is 15.0 Å². The van der Waals surface area contributed by atoms with Crippen LogP contribution in [0.3, 0.4) is 0 Å². The summed E-state index contributed by atoms with van der Waals surface area (Å²) >= 11 is 0. The monoisotopic (exact) mass is 476 g/mol. The maximum absolute atomic E-state index is 13.5. The van der Waals surface area contributed by atoms with Crippen molar-refractivity contribution in [3.05, 3.63) is 48.2 Å².